The number of amides is 2. The molecule has 8 heteroatoms. The normalized spacial score (nSPS) is 17.1. The third-order valence-corrected chi connectivity index (χ3v) is 7.95. The van der Waals surface area contributed by atoms with Gasteiger partial charge in [-0.3, -0.25) is 9.80 Å². The maximum Gasteiger partial charge on any atom is 0.322 e. The van der Waals surface area contributed by atoms with E-state index in [0.29, 0.717) is 24.1 Å². The number of aromatic nitrogens is 2. The van der Waals surface area contributed by atoms with Gasteiger partial charge in [-0.1, -0.05) is 17.7 Å². The molecule has 0 saturated carbocycles. The van der Waals surface area contributed by atoms with Gasteiger partial charge in [0.15, 0.2) is 0 Å². The van der Waals surface area contributed by atoms with Crippen molar-refractivity contribution < 1.29 is 9.53 Å². The zero-order valence-corrected chi connectivity index (χ0v) is 22.7. The molecule has 3 aromatic rings. The van der Waals surface area contributed by atoms with E-state index in [9.17, 15) is 4.79 Å². The molecule has 2 amide bonds. The lowest BCUT2D eigenvalue weighted by Gasteiger charge is -2.45. The van der Waals surface area contributed by atoms with Crippen molar-refractivity contribution in [1.82, 2.24) is 20.2 Å². The minimum absolute atomic E-state index is 0.0791. The van der Waals surface area contributed by atoms with Crippen molar-refractivity contribution in [3.8, 4) is 17.0 Å². The number of carbonyl (C=O) groups excluding carboxylic acids is 1. The van der Waals surface area contributed by atoms with Crippen LogP contribution in [0.4, 0.5) is 10.5 Å². The molecule has 1 aromatic carbocycles. The fraction of sp³-hybridized carbons (Fsp3) is 0.414. The molecule has 0 unspecified atom stereocenters. The second-order valence-electron chi connectivity index (χ2n) is 11.0. The number of piperidine rings is 1. The van der Waals surface area contributed by atoms with E-state index in [1.165, 1.54) is 5.56 Å². The molecule has 37 heavy (non-hydrogen) atoms. The lowest BCUT2D eigenvalue weighted by molar-refractivity contribution is 0.0786. The van der Waals surface area contributed by atoms with Crippen LogP contribution in [0.3, 0.4) is 0 Å². The quantitative estimate of drug-likeness (QED) is 0.450. The van der Waals surface area contributed by atoms with E-state index in [-0.39, 0.29) is 17.0 Å². The van der Waals surface area contributed by atoms with Crippen LogP contribution in [-0.2, 0) is 12.0 Å². The first-order valence-electron chi connectivity index (χ1n) is 12.7. The summed E-state index contributed by atoms with van der Waals surface area (Å²) >= 11 is 6.03. The zero-order chi connectivity index (χ0) is 26.2. The Bertz CT molecular complexity index is 1280. The van der Waals surface area contributed by atoms with Crippen molar-refractivity contribution in [2.75, 3.05) is 31.6 Å². The van der Waals surface area contributed by atoms with E-state index in [2.05, 4.69) is 59.2 Å². The molecule has 4 heterocycles. The first-order chi connectivity index (χ1) is 17.7. The van der Waals surface area contributed by atoms with Crippen LogP contribution in [-0.4, -0.2) is 53.2 Å². The van der Waals surface area contributed by atoms with Gasteiger partial charge >= 0.3 is 6.03 Å². The Hall–Kier alpha value is -3.16. The molecule has 1 N–H and O–H groups in total. The number of nitrogens with one attached hydrogen (secondary N) is 1. The standard InChI is InChI=1S/C29H34ClN5O2/c1-28(2,3)34-13-10-29(11-14-34)19-35(27(36)33-17-20-9-12-31-25(30)15-20)24-7-5-21(16-23(24)29)22-6-8-26(37-4)32-18-22/h5-9,12,15-16,18H,10-11,13-14,17,19H2,1-4H3,(H,33,36). The van der Waals surface area contributed by atoms with E-state index in [1.807, 2.05) is 29.3 Å². The number of nitrogens with zero attached hydrogens (tertiary/aromatic N) is 4. The van der Waals surface area contributed by atoms with E-state index in [1.54, 1.807) is 19.4 Å². The van der Waals surface area contributed by atoms with Gasteiger partial charge < -0.3 is 10.1 Å². The molecule has 194 valence electrons. The maximum atomic E-state index is 13.5. The number of hydrogen-bond donors (Lipinski definition) is 1. The molecule has 2 aliphatic rings. The number of ether oxygens (including phenoxy) is 1. The summed E-state index contributed by atoms with van der Waals surface area (Å²) in [6.07, 6.45) is 5.51. The van der Waals surface area contributed by atoms with Crippen molar-refractivity contribution in [2.45, 2.75) is 51.1 Å². The second kappa shape index (κ2) is 9.95. The monoisotopic (exact) mass is 519 g/mol. The zero-order valence-electron chi connectivity index (χ0n) is 21.9. The number of methoxy groups -OCH3 is 1. The Balaban J connectivity index is 1.45. The SMILES string of the molecule is COc1ccc(-c2ccc3c(c2)C2(CCN(C(C)(C)C)CC2)CN3C(=O)NCc2ccnc(Cl)c2)cn1. The summed E-state index contributed by atoms with van der Waals surface area (Å²) in [5.41, 5.74) is 5.33. The van der Waals surface area contributed by atoms with Crippen LogP contribution in [0.25, 0.3) is 11.1 Å². The van der Waals surface area contributed by atoms with Crippen LogP contribution in [0.1, 0.15) is 44.7 Å². The van der Waals surface area contributed by atoms with Crippen molar-refractivity contribution >= 4 is 23.3 Å². The van der Waals surface area contributed by atoms with E-state index in [4.69, 9.17) is 16.3 Å². The molecule has 0 bridgehead atoms. The molecule has 1 saturated heterocycles. The lowest BCUT2D eigenvalue weighted by Crippen LogP contribution is -2.52. The first-order valence-corrected chi connectivity index (χ1v) is 13.1. The van der Waals surface area contributed by atoms with Gasteiger partial charge in [-0.25, -0.2) is 14.8 Å². The summed E-state index contributed by atoms with van der Waals surface area (Å²) in [7, 11) is 1.62. The summed E-state index contributed by atoms with van der Waals surface area (Å²) in [6, 6.07) is 13.9. The predicted molar refractivity (Wildman–Crippen MR) is 147 cm³/mol. The highest BCUT2D eigenvalue weighted by Gasteiger charge is 2.47. The van der Waals surface area contributed by atoms with Gasteiger partial charge in [0, 0.05) is 53.8 Å². The molecule has 0 radical (unpaired) electrons. The van der Waals surface area contributed by atoms with Crippen LogP contribution in [0.15, 0.2) is 54.9 Å². The van der Waals surface area contributed by atoms with Gasteiger partial charge in [0.25, 0.3) is 0 Å². The number of halogens is 1. The first kappa shape index (κ1) is 25.5. The highest BCUT2D eigenvalue weighted by Crippen LogP contribution is 2.49. The molecule has 2 aromatic heterocycles. The number of hydrogen-bond acceptors (Lipinski definition) is 5. The summed E-state index contributed by atoms with van der Waals surface area (Å²) in [4.78, 5) is 26.4. The summed E-state index contributed by atoms with van der Waals surface area (Å²) < 4.78 is 5.23. The van der Waals surface area contributed by atoms with Gasteiger partial charge in [0.2, 0.25) is 5.88 Å². The Morgan fingerprint density at radius 2 is 1.84 bits per heavy atom. The number of rotatable bonds is 4. The van der Waals surface area contributed by atoms with E-state index in [0.717, 1.165) is 48.3 Å². The second-order valence-corrected chi connectivity index (χ2v) is 11.4. The van der Waals surface area contributed by atoms with Crippen LogP contribution in [0, 0.1) is 0 Å². The van der Waals surface area contributed by atoms with Crippen LogP contribution in [0.5, 0.6) is 5.88 Å². The van der Waals surface area contributed by atoms with Crippen LogP contribution < -0.4 is 15.0 Å². The molecule has 1 fully saturated rings. The minimum atomic E-state index is -0.0943. The smallest absolute Gasteiger partial charge is 0.322 e. The molecule has 5 rings (SSSR count). The van der Waals surface area contributed by atoms with Crippen LogP contribution >= 0.6 is 11.6 Å². The number of anilines is 1. The van der Waals surface area contributed by atoms with E-state index >= 15 is 0 Å². The molecular formula is C29H34ClN5O2. The minimum Gasteiger partial charge on any atom is -0.481 e. The van der Waals surface area contributed by atoms with Crippen molar-refractivity contribution in [3.05, 3.63) is 71.1 Å². The van der Waals surface area contributed by atoms with Gasteiger partial charge in [-0.05, 0) is 93.7 Å². The molecule has 0 aliphatic carbocycles. The Kier molecular flexibility index (Phi) is 6.86. The average Bonchev–Trinajstić information content (AvgIpc) is 3.20. The molecule has 2 aliphatic heterocycles. The van der Waals surface area contributed by atoms with Crippen LogP contribution in [0.2, 0.25) is 5.15 Å². The predicted octanol–water partition coefficient (Wildman–Crippen LogP) is 5.67. The van der Waals surface area contributed by atoms with Crippen molar-refractivity contribution in [2.24, 2.45) is 0 Å². The fourth-order valence-corrected chi connectivity index (χ4v) is 5.76. The summed E-state index contributed by atoms with van der Waals surface area (Å²) in [6.45, 7) is 9.89. The number of likely N-dealkylation sites (tertiary alicyclic amines) is 1. The Morgan fingerprint density at radius 1 is 1.08 bits per heavy atom. The fourth-order valence-electron chi connectivity index (χ4n) is 5.56. The number of pyridine rings is 2. The number of urea groups is 1. The third kappa shape index (κ3) is 5.15. The van der Waals surface area contributed by atoms with E-state index < -0.39 is 0 Å². The molecular weight excluding hydrogens is 486 g/mol. The molecule has 1 spiro atoms. The third-order valence-electron chi connectivity index (χ3n) is 7.75. The molecule has 0 atom stereocenters. The number of benzene rings is 1. The van der Waals surface area contributed by atoms with Gasteiger partial charge in [-0.2, -0.15) is 0 Å². The Morgan fingerprint density at radius 3 is 2.49 bits per heavy atom. The summed E-state index contributed by atoms with van der Waals surface area (Å²) in [5, 5.41) is 3.51. The maximum absolute atomic E-state index is 13.5. The summed E-state index contributed by atoms with van der Waals surface area (Å²) in [5.74, 6) is 0.592. The number of fused-ring (bicyclic) bond motifs is 2. The highest BCUT2D eigenvalue weighted by atomic mass is 35.5. The highest BCUT2D eigenvalue weighted by molar-refractivity contribution is 6.29. The van der Waals surface area contributed by atoms with Gasteiger partial charge in [0.05, 0.1) is 7.11 Å². The Labute approximate surface area is 223 Å². The average molecular weight is 520 g/mol. The topological polar surface area (TPSA) is 70.6 Å². The van der Waals surface area contributed by atoms with Gasteiger partial charge in [-0.15, -0.1) is 0 Å². The largest absolute Gasteiger partial charge is 0.481 e. The van der Waals surface area contributed by atoms with Gasteiger partial charge in [0.1, 0.15) is 5.15 Å². The van der Waals surface area contributed by atoms with Crippen molar-refractivity contribution in [3.63, 3.8) is 0 Å². The van der Waals surface area contributed by atoms with Crippen molar-refractivity contribution in [1.29, 1.82) is 0 Å². The molecule has 7 nitrogen and oxygen atoms in total. The number of carbonyl (C=O) groups is 1. The lowest BCUT2D eigenvalue weighted by atomic mass is 9.73.